The molecule has 3 aromatic rings. The molecule has 0 aliphatic carbocycles. The molecule has 116 valence electrons. The summed E-state index contributed by atoms with van der Waals surface area (Å²) in [7, 11) is 1.69. The van der Waals surface area contributed by atoms with Crippen molar-refractivity contribution < 1.29 is 9.18 Å². The summed E-state index contributed by atoms with van der Waals surface area (Å²) in [6, 6.07) is 12.9. The average molecular weight is 309 g/mol. The first-order chi connectivity index (χ1) is 11.2. The van der Waals surface area contributed by atoms with E-state index in [0.717, 1.165) is 10.8 Å². The number of benzene rings is 2. The fourth-order valence-electron chi connectivity index (χ4n) is 2.48. The van der Waals surface area contributed by atoms with E-state index in [9.17, 15) is 9.18 Å². The van der Waals surface area contributed by atoms with Crippen LogP contribution in [-0.4, -0.2) is 17.9 Å². The van der Waals surface area contributed by atoms with E-state index >= 15 is 0 Å². The van der Waals surface area contributed by atoms with Gasteiger partial charge < -0.3 is 10.6 Å². The van der Waals surface area contributed by atoms with Crippen molar-refractivity contribution in [3.63, 3.8) is 0 Å². The van der Waals surface area contributed by atoms with Crippen LogP contribution in [0.3, 0.4) is 0 Å². The summed E-state index contributed by atoms with van der Waals surface area (Å²) in [4.78, 5) is 16.5. The lowest BCUT2D eigenvalue weighted by molar-refractivity contribution is -0.118. The normalized spacial score (nSPS) is 12.1. The van der Waals surface area contributed by atoms with Crippen LogP contribution in [0.15, 0.2) is 60.9 Å². The second kappa shape index (κ2) is 6.54. The minimum atomic E-state index is -0.552. The molecule has 1 aromatic heterocycles. The highest BCUT2D eigenvalue weighted by Crippen LogP contribution is 2.20. The first-order valence-electron chi connectivity index (χ1n) is 7.25. The summed E-state index contributed by atoms with van der Waals surface area (Å²) in [6.07, 6.45) is 3.48. The molecule has 2 aromatic carbocycles. The third kappa shape index (κ3) is 3.35. The molecule has 0 saturated heterocycles. The fourth-order valence-corrected chi connectivity index (χ4v) is 2.48. The van der Waals surface area contributed by atoms with Crippen LogP contribution >= 0.6 is 0 Å². The van der Waals surface area contributed by atoms with Crippen molar-refractivity contribution in [2.24, 2.45) is 0 Å². The second-order valence-corrected chi connectivity index (χ2v) is 5.20. The molecule has 5 heteroatoms. The van der Waals surface area contributed by atoms with Gasteiger partial charge in [0.05, 0.1) is 0 Å². The maximum Gasteiger partial charge on any atom is 0.246 e. The van der Waals surface area contributed by atoms with Gasteiger partial charge in [-0.3, -0.25) is 9.78 Å². The van der Waals surface area contributed by atoms with E-state index in [0.29, 0.717) is 11.3 Å². The van der Waals surface area contributed by atoms with Crippen molar-refractivity contribution in [2.45, 2.75) is 6.04 Å². The summed E-state index contributed by atoms with van der Waals surface area (Å²) in [5, 5.41) is 7.84. The average Bonchev–Trinajstić information content (AvgIpc) is 2.57. The van der Waals surface area contributed by atoms with Gasteiger partial charge in [0.25, 0.3) is 0 Å². The SMILES string of the molecule is CN[C@@H](C(=O)Nc1ccc2cnccc2c1)c1ccc(F)cc1. The summed E-state index contributed by atoms with van der Waals surface area (Å²) in [5.41, 5.74) is 1.41. The van der Waals surface area contributed by atoms with Crippen molar-refractivity contribution >= 4 is 22.4 Å². The zero-order valence-corrected chi connectivity index (χ0v) is 12.6. The number of rotatable bonds is 4. The Morgan fingerprint density at radius 1 is 1.09 bits per heavy atom. The van der Waals surface area contributed by atoms with Crippen LogP contribution in [0.25, 0.3) is 10.8 Å². The molecule has 0 aliphatic heterocycles. The maximum absolute atomic E-state index is 13.0. The van der Waals surface area contributed by atoms with E-state index in [1.807, 2.05) is 24.3 Å². The Hall–Kier alpha value is -2.79. The summed E-state index contributed by atoms with van der Waals surface area (Å²) < 4.78 is 13.0. The highest BCUT2D eigenvalue weighted by atomic mass is 19.1. The topological polar surface area (TPSA) is 54.0 Å². The van der Waals surface area contributed by atoms with E-state index in [2.05, 4.69) is 15.6 Å². The van der Waals surface area contributed by atoms with Gasteiger partial charge in [-0.1, -0.05) is 18.2 Å². The largest absolute Gasteiger partial charge is 0.324 e. The third-order valence-corrected chi connectivity index (χ3v) is 3.66. The molecule has 1 heterocycles. The number of nitrogens with zero attached hydrogens (tertiary/aromatic N) is 1. The predicted octanol–water partition coefficient (Wildman–Crippen LogP) is 3.27. The van der Waals surface area contributed by atoms with E-state index in [4.69, 9.17) is 0 Å². The van der Waals surface area contributed by atoms with Gasteiger partial charge in [0, 0.05) is 23.5 Å². The zero-order valence-electron chi connectivity index (χ0n) is 12.6. The number of anilines is 1. The van der Waals surface area contributed by atoms with Crippen LogP contribution in [0.2, 0.25) is 0 Å². The molecule has 23 heavy (non-hydrogen) atoms. The monoisotopic (exact) mass is 309 g/mol. The quantitative estimate of drug-likeness (QED) is 0.777. The molecule has 3 rings (SSSR count). The Kier molecular flexibility index (Phi) is 4.30. The molecule has 2 N–H and O–H groups in total. The van der Waals surface area contributed by atoms with Crippen molar-refractivity contribution in [3.05, 3.63) is 72.3 Å². The molecule has 0 unspecified atom stereocenters. The molecule has 0 aliphatic rings. The molecule has 0 bridgehead atoms. The Bertz CT molecular complexity index is 833. The van der Waals surface area contributed by atoms with Crippen molar-refractivity contribution in [2.75, 3.05) is 12.4 Å². The van der Waals surface area contributed by atoms with Crippen LogP contribution in [0.5, 0.6) is 0 Å². The van der Waals surface area contributed by atoms with Gasteiger partial charge in [0.1, 0.15) is 11.9 Å². The number of carbonyl (C=O) groups excluding carboxylic acids is 1. The molecule has 0 saturated carbocycles. The minimum absolute atomic E-state index is 0.201. The lowest BCUT2D eigenvalue weighted by Gasteiger charge is -2.16. The van der Waals surface area contributed by atoms with Crippen LogP contribution in [0.4, 0.5) is 10.1 Å². The lowest BCUT2D eigenvalue weighted by Crippen LogP contribution is -2.30. The Morgan fingerprint density at radius 2 is 1.87 bits per heavy atom. The Labute approximate surface area is 133 Å². The fraction of sp³-hybridized carbons (Fsp3) is 0.111. The van der Waals surface area contributed by atoms with Gasteiger partial charge in [0.2, 0.25) is 5.91 Å². The van der Waals surface area contributed by atoms with Gasteiger partial charge >= 0.3 is 0 Å². The van der Waals surface area contributed by atoms with E-state index in [-0.39, 0.29) is 11.7 Å². The number of likely N-dealkylation sites (N-methyl/N-ethyl adjacent to an activating group) is 1. The minimum Gasteiger partial charge on any atom is -0.324 e. The van der Waals surface area contributed by atoms with Gasteiger partial charge in [-0.15, -0.1) is 0 Å². The number of halogens is 1. The van der Waals surface area contributed by atoms with Crippen molar-refractivity contribution in [1.29, 1.82) is 0 Å². The van der Waals surface area contributed by atoms with E-state index < -0.39 is 6.04 Å². The van der Waals surface area contributed by atoms with Crippen LogP contribution in [0.1, 0.15) is 11.6 Å². The molecule has 4 nitrogen and oxygen atoms in total. The van der Waals surface area contributed by atoms with E-state index in [1.54, 1.807) is 31.6 Å². The van der Waals surface area contributed by atoms with Gasteiger partial charge in [-0.25, -0.2) is 4.39 Å². The maximum atomic E-state index is 13.0. The summed E-state index contributed by atoms with van der Waals surface area (Å²) in [5.74, 6) is -0.528. The molecule has 1 atom stereocenters. The van der Waals surface area contributed by atoms with Crippen molar-refractivity contribution in [1.82, 2.24) is 10.3 Å². The van der Waals surface area contributed by atoms with Gasteiger partial charge in [-0.05, 0) is 48.3 Å². The van der Waals surface area contributed by atoms with Crippen LogP contribution in [0, 0.1) is 5.82 Å². The van der Waals surface area contributed by atoms with Crippen LogP contribution < -0.4 is 10.6 Å². The standard InChI is InChI=1S/C18H16FN3O/c1-20-17(12-2-5-15(19)6-3-12)18(23)22-16-7-4-14-11-21-9-8-13(14)10-16/h2-11,17,20H,1H3,(H,22,23)/t17-/m1/s1. The number of fused-ring (bicyclic) bond motifs is 1. The number of pyridine rings is 1. The molecule has 0 fully saturated rings. The highest BCUT2D eigenvalue weighted by molar-refractivity contribution is 5.97. The number of nitrogens with one attached hydrogen (secondary N) is 2. The zero-order chi connectivity index (χ0) is 16.2. The lowest BCUT2D eigenvalue weighted by atomic mass is 10.1. The second-order valence-electron chi connectivity index (χ2n) is 5.20. The number of hydrogen-bond donors (Lipinski definition) is 2. The Balaban J connectivity index is 1.81. The highest BCUT2D eigenvalue weighted by Gasteiger charge is 2.18. The summed E-state index contributed by atoms with van der Waals surface area (Å²) >= 11 is 0. The number of aromatic nitrogens is 1. The number of carbonyl (C=O) groups is 1. The van der Waals surface area contributed by atoms with Gasteiger partial charge in [0.15, 0.2) is 0 Å². The van der Waals surface area contributed by atoms with E-state index in [1.165, 1.54) is 12.1 Å². The number of amides is 1. The molecule has 0 radical (unpaired) electrons. The Morgan fingerprint density at radius 3 is 2.61 bits per heavy atom. The van der Waals surface area contributed by atoms with Crippen molar-refractivity contribution in [3.8, 4) is 0 Å². The molecular formula is C18H16FN3O. The number of hydrogen-bond acceptors (Lipinski definition) is 3. The third-order valence-electron chi connectivity index (χ3n) is 3.66. The first kappa shape index (κ1) is 15.1. The molecule has 1 amide bonds. The molecular weight excluding hydrogens is 293 g/mol. The smallest absolute Gasteiger partial charge is 0.246 e. The predicted molar refractivity (Wildman–Crippen MR) is 88.6 cm³/mol. The van der Waals surface area contributed by atoms with Crippen LogP contribution in [-0.2, 0) is 4.79 Å². The first-order valence-corrected chi connectivity index (χ1v) is 7.25. The molecule has 0 spiro atoms. The summed E-state index contributed by atoms with van der Waals surface area (Å²) in [6.45, 7) is 0. The van der Waals surface area contributed by atoms with Gasteiger partial charge in [-0.2, -0.15) is 0 Å².